The summed E-state index contributed by atoms with van der Waals surface area (Å²) in [5, 5.41) is 11.5. The van der Waals surface area contributed by atoms with E-state index in [2.05, 4.69) is 10.0 Å². The lowest BCUT2D eigenvalue weighted by molar-refractivity contribution is -0.122. The van der Waals surface area contributed by atoms with Gasteiger partial charge in [0, 0.05) is 19.0 Å². The molecule has 0 heterocycles. The van der Waals surface area contributed by atoms with E-state index in [4.69, 9.17) is 5.26 Å². The van der Waals surface area contributed by atoms with Crippen LogP contribution in [-0.2, 0) is 20.6 Å². The van der Waals surface area contributed by atoms with Crippen LogP contribution in [0.4, 0.5) is 0 Å². The molecule has 0 atom stereocenters. The van der Waals surface area contributed by atoms with Crippen molar-refractivity contribution in [1.82, 2.24) is 10.0 Å². The van der Waals surface area contributed by atoms with Gasteiger partial charge in [-0.2, -0.15) is 5.26 Å². The van der Waals surface area contributed by atoms with Crippen molar-refractivity contribution >= 4 is 15.9 Å². The second kappa shape index (κ2) is 6.70. The third-order valence-corrected chi connectivity index (χ3v) is 4.46. The summed E-state index contributed by atoms with van der Waals surface area (Å²) < 4.78 is 26.2. The van der Waals surface area contributed by atoms with Gasteiger partial charge in [-0.15, -0.1) is 0 Å². The molecule has 1 amide bonds. The molecular formula is C14H17N3O3S. The zero-order chi connectivity index (χ0) is 15.3. The molecule has 21 heavy (non-hydrogen) atoms. The standard InChI is InChI=1S/C14H17N3O3S/c15-9-11-2-1-3-12(8-11)10-21(19,20)17-7-6-16-14(18)13-4-5-13/h1-3,8,13,17H,4-7,10H2,(H,16,18). The van der Waals surface area contributed by atoms with Gasteiger partial charge in [-0.1, -0.05) is 12.1 Å². The SMILES string of the molecule is N#Cc1cccc(CS(=O)(=O)NCCNC(=O)C2CC2)c1. The molecule has 0 spiro atoms. The smallest absolute Gasteiger partial charge is 0.223 e. The van der Waals surface area contributed by atoms with Gasteiger partial charge >= 0.3 is 0 Å². The Bertz CT molecular complexity index is 660. The van der Waals surface area contributed by atoms with Crippen LogP contribution in [0, 0.1) is 17.2 Å². The number of carbonyl (C=O) groups excluding carboxylic acids is 1. The topological polar surface area (TPSA) is 99.1 Å². The van der Waals surface area contributed by atoms with Gasteiger partial charge in [0.1, 0.15) is 0 Å². The molecule has 0 bridgehead atoms. The monoisotopic (exact) mass is 307 g/mol. The maximum atomic E-state index is 11.9. The molecule has 1 aromatic carbocycles. The van der Waals surface area contributed by atoms with Crippen molar-refractivity contribution in [2.75, 3.05) is 13.1 Å². The summed E-state index contributed by atoms with van der Waals surface area (Å²) in [5.74, 6) is -0.0646. The first kappa shape index (κ1) is 15.5. The third kappa shape index (κ3) is 5.17. The highest BCUT2D eigenvalue weighted by molar-refractivity contribution is 7.88. The Morgan fingerprint density at radius 3 is 2.76 bits per heavy atom. The zero-order valence-corrected chi connectivity index (χ0v) is 12.3. The van der Waals surface area contributed by atoms with Crippen molar-refractivity contribution in [3.63, 3.8) is 0 Å². The first-order chi connectivity index (χ1) is 10.00. The minimum absolute atomic E-state index is 0.00378. The number of amides is 1. The highest BCUT2D eigenvalue weighted by atomic mass is 32.2. The molecule has 1 saturated carbocycles. The summed E-state index contributed by atoms with van der Waals surface area (Å²) in [5.41, 5.74) is 0.989. The van der Waals surface area contributed by atoms with Crippen molar-refractivity contribution < 1.29 is 13.2 Å². The molecule has 0 radical (unpaired) electrons. The van der Waals surface area contributed by atoms with E-state index < -0.39 is 10.0 Å². The molecule has 0 saturated heterocycles. The number of rotatable bonds is 7. The summed E-state index contributed by atoms with van der Waals surface area (Å²) in [6, 6.07) is 8.46. The highest BCUT2D eigenvalue weighted by Gasteiger charge is 2.29. The van der Waals surface area contributed by atoms with E-state index in [1.165, 1.54) is 0 Å². The van der Waals surface area contributed by atoms with Gasteiger partial charge in [-0.25, -0.2) is 13.1 Å². The Hall–Kier alpha value is -1.91. The lowest BCUT2D eigenvalue weighted by Crippen LogP contribution is -2.35. The second-order valence-electron chi connectivity index (χ2n) is 5.03. The number of nitrogens with zero attached hydrogens (tertiary/aromatic N) is 1. The fourth-order valence-corrected chi connectivity index (χ4v) is 3.02. The van der Waals surface area contributed by atoms with Crippen molar-refractivity contribution in [2.24, 2.45) is 5.92 Å². The number of hydrogen-bond acceptors (Lipinski definition) is 4. The van der Waals surface area contributed by atoms with Crippen LogP contribution in [0.25, 0.3) is 0 Å². The van der Waals surface area contributed by atoms with Gasteiger partial charge in [0.05, 0.1) is 17.4 Å². The Morgan fingerprint density at radius 1 is 1.33 bits per heavy atom. The van der Waals surface area contributed by atoms with Crippen LogP contribution in [0.2, 0.25) is 0 Å². The molecule has 6 nitrogen and oxygen atoms in total. The Morgan fingerprint density at radius 2 is 2.10 bits per heavy atom. The molecule has 2 N–H and O–H groups in total. The first-order valence-electron chi connectivity index (χ1n) is 6.74. The van der Waals surface area contributed by atoms with E-state index in [1.54, 1.807) is 24.3 Å². The molecule has 0 aliphatic heterocycles. The quantitative estimate of drug-likeness (QED) is 0.717. The fraction of sp³-hybridized carbons (Fsp3) is 0.429. The average molecular weight is 307 g/mol. The summed E-state index contributed by atoms with van der Waals surface area (Å²) in [6.07, 6.45) is 1.85. The van der Waals surface area contributed by atoms with Crippen LogP contribution >= 0.6 is 0 Å². The molecule has 1 fully saturated rings. The minimum atomic E-state index is -3.47. The van der Waals surface area contributed by atoms with Gasteiger partial charge in [0.15, 0.2) is 0 Å². The highest BCUT2D eigenvalue weighted by Crippen LogP contribution is 2.28. The van der Waals surface area contributed by atoms with E-state index in [0.717, 1.165) is 12.8 Å². The predicted molar refractivity (Wildman–Crippen MR) is 77.5 cm³/mol. The molecule has 0 aromatic heterocycles. The van der Waals surface area contributed by atoms with Crippen molar-refractivity contribution in [3.05, 3.63) is 35.4 Å². The van der Waals surface area contributed by atoms with Crippen LogP contribution in [0.3, 0.4) is 0 Å². The van der Waals surface area contributed by atoms with Gasteiger partial charge in [-0.05, 0) is 30.5 Å². The largest absolute Gasteiger partial charge is 0.355 e. The third-order valence-electron chi connectivity index (χ3n) is 3.11. The predicted octanol–water partition coefficient (Wildman–Crippen LogP) is 0.504. The van der Waals surface area contributed by atoms with E-state index in [0.29, 0.717) is 11.1 Å². The lowest BCUT2D eigenvalue weighted by atomic mass is 10.2. The van der Waals surface area contributed by atoms with Crippen molar-refractivity contribution in [2.45, 2.75) is 18.6 Å². The van der Waals surface area contributed by atoms with Gasteiger partial charge in [0.25, 0.3) is 0 Å². The average Bonchev–Trinajstić information content (AvgIpc) is 3.27. The molecule has 0 unspecified atom stereocenters. The van der Waals surface area contributed by atoms with Crippen LogP contribution in [-0.4, -0.2) is 27.4 Å². The van der Waals surface area contributed by atoms with Crippen LogP contribution in [0.1, 0.15) is 24.0 Å². The molecule has 1 aromatic rings. The molecule has 2 rings (SSSR count). The zero-order valence-electron chi connectivity index (χ0n) is 11.5. The van der Waals surface area contributed by atoms with E-state index >= 15 is 0 Å². The number of nitriles is 1. The molecule has 112 valence electrons. The van der Waals surface area contributed by atoms with Crippen molar-refractivity contribution in [1.29, 1.82) is 5.26 Å². The number of sulfonamides is 1. The van der Waals surface area contributed by atoms with E-state index in [-0.39, 0.29) is 30.7 Å². The maximum Gasteiger partial charge on any atom is 0.223 e. The Balaban J connectivity index is 1.78. The van der Waals surface area contributed by atoms with Crippen LogP contribution < -0.4 is 10.0 Å². The van der Waals surface area contributed by atoms with E-state index in [9.17, 15) is 13.2 Å². The molecule has 1 aliphatic rings. The number of nitrogens with one attached hydrogen (secondary N) is 2. The van der Waals surface area contributed by atoms with Gasteiger partial charge in [0.2, 0.25) is 15.9 Å². The number of benzene rings is 1. The maximum absolute atomic E-state index is 11.9. The summed E-state index contributed by atoms with van der Waals surface area (Å²) in [7, 11) is -3.47. The number of carbonyl (C=O) groups is 1. The molecular weight excluding hydrogens is 290 g/mol. The van der Waals surface area contributed by atoms with Crippen LogP contribution in [0.5, 0.6) is 0 Å². The minimum Gasteiger partial charge on any atom is -0.355 e. The Labute approximate surface area is 124 Å². The molecule has 7 heteroatoms. The fourth-order valence-electron chi connectivity index (χ4n) is 1.88. The lowest BCUT2D eigenvalue weighted by Gasteiger charge is -2.08. The van der Waals surface area contributed by atoms with E-state index in [1.807, 2.05) is 6.07 Å². The van der Waals surface area contributed by atoms with Crippen molar-refractivity contribution in [3.8, 4) is 6.07 Å². The Kier molecular flexibility index (Phi) is 4.94. The van der Waals surface area contributed by atoms with Crippen LogP contribution in [0.15, 0.2) is 24.3 Å². The van der Waals surface area contributed by atoms with Gasteiger partial charge < -0.3 is 5.32 Å². The summed E-state index contributed by atoms with van der Waals surface area (Å²) >= 11 is 0. The first-order valence-corrected chi connectivity index (χ1v) is 8.39. The van der Waals surface area contributed by atoms with Gasteiger partial charge in [-0.3, -0.25) is 4.79 Å². The molecule has 1 aliphatic carbocycles. The summed E-state index contributed by atoms with van der Waals surface area (Å²) in [4.78, 5) is 11.4. The number of hydrogen-bond donors (Lipinski definition) is 2. The summed E-state index contributed by atoms with van der Waals surface area (Å²) in [6.45, 7) is 0.450. The normalized spacial score (nSPS) is 14.4. The second-order valence-corrected chi connectivity index (χ2v) is 6.84.